The Bertz CT molecular complexity index is 545. The van der Waals surface area contributed by atoms with Crippen LogP contribution in [-0.4, -0.2) is 32.2 Å². The van der Waals surface area contributed by atoms with Gasteiger partial charge < -0.3 is 14.2 Å². The molecule has 2 aromatic carbocycles. The van der Waals surface area contributed by atoms with E-state index in [1.54, 1.807) is 28.4 Å². The van der Waals surface area contributed by atoms with Crippen molar-refractivity contribution in [2.45, 2.75) is 9.71 Å². The Balaban J connectivity index is 0.000000891. The van der Waals surface area contributed by atoms with Gasteiger partial charge in [-0.2, -0.15) is 0 Å². The Labute approximate surface area is 158 Å². The largest absolute Gasteiger partial charge is 0.497 e. The number of ether oxygens (including phenoxy) is 3. The first kappa shape index (κ1) is 20.9. The molecule has 0 heterocycles. The summed E-state index contributed by atoms with van der Waals surface area (Å²) in [5, 5.41) is 0. The van der Waals surface area contributed by atoms with Crippen LogP contribution in [0.15, 0.2) is 48.5 Å². The van der Waals surface area contributed by atoms with E-state index >= 15 is 0 Å². The minimum absolute atomic E-state index is 0.376. The first-order chi connectivity index (χ1) is 11.4. The van der Waals surface area contributed by atoms with Crippen molar-refractivity contribution in [3.8, 4) is 11.5 Å². The molecule has 0 aliphatic rings. The second-order valence-electron chi connectivity index (χ2n) is 4.93. The van der Waals surface area contributed by atoms with Gasteiger partial charge >= 0.3 is 0 Å². The first-order valence-corrected chi connectivity index (χ1v) is 8.25. The van der Waals surface area contributed by atoms with Gasteiger partial charge in [0.05, 0.1) is 20.1 Å². The fraction of sp³-hybridized carbons (Fsp3) is 0.333. The molecule has 0 unspecified atom stereocenters. The maximum Gasteiger partial charge on any atom is 0.201 e. The Hall–Kier alpha value is -1.13. The number of rotatable bonds is 4. The molecule has 2 aromatic rings. The van der Waals surface area contributed by atoms with Gasteiger partial charge in [0.1, 0.15) is 11.5 Å². The average molecular weight is 392 g/mol. The Morgan fingerprint density at radius 3 is 1.17 bits per heavy atom. The smallest absolute Gasteiger partial charge is 0.201 e. The Morgan fingerprint density at radius 1 is 0.667 bits per heavy atom. The topological polar surface area (TPSA) is 27.7 Å². The fourth-order valence-electron chi connectivity index (χ4n) is 2.16. The third kappa shape index (κ3) is 6.06. The molecule has 0 fully saturated rings. The zero-order chi connectivity index (χ0) is 18.2. The van der Waals surface area contributed by atoms with E-state index in [9.17, 15) is 0 Å². The van der Waals surface area contributed by atoms with Crippen molar-refractivity contribution in [1.29, 1.82) is 0 Å². The summed E-state index contributed by atoms with van der Waals surface area (Å²) in [5.74, 6) is 1.15. The van der Waals surface area contributed by atoms with Crippen LogP contribution in [-0.2, 0) is 4.74 Å². The van der Waals surface area contributed by atoms with E-state index in [4.69, 9.17) is 44.3 Å². The standard InChI is InChI=1S/C16H15Cl3O2.C2H6O/c1-20-13-7-3-11(4-8-13)15(16(17,18)19)12-5-9-14(21-2)10-6-12;1-3-2/h3-10,15H,1-2H3;1-2H3. The summed E-state index contributed by atoms with van der Waals surface area (Å²) in [4.78, 5) is 0. The number of alkyl halides is 3. The van der Waals surface area contributed by atoms with Crippen molar-refractivity contribution in [3.63, 3.8) is 0 Å². The average Bonchev–Trinajstić information content (AvgIpc) is 2.56. The van der Waals surface area contributed by atoms with Crippen LogP contribution >= 0.6 is 34.8 Å². The van der Waals surface area contributed by atoms with Gasteiger partial charge in [-0.25, -0.2) is 0 Å². The van der Waals surface area contributed by atoms with E-state index in [2.05, 4.69) is 4.74 Å². The maximum absolute atomic E-state index is 6.18. The van der Waals surface area contributed by atoms with E-state index in [1.165, 1.54) is 0 Å². The molecule has 0 bridgehead atoms. The molecule has 0 saturated carbocycles. The van der Waals surface area contributed by atoms with Gasteiger partial charge in [0, 0.05) is 14.2 Å². The van der Waals surface area contributed by atoms with Crippen LogP contribution in [0, 0.1) is 0 Å². The summed E-state index contributed by atoms with van der Waals surface area (Å²) in [5.41, 5.74) is 1.81. The minimum Gasteiger partial charge on any atom is -0.497 e. The van der Waals surface area contributed by atoms with Gasteiger partial charge in [0.15, 0.2) is 0 Å². The molecule has 6 heteroatoms. The van der Waals surface area contributed by atoms with Crippen molar-refractivity contribution in [2.75, 3.05) is 28.4 Å². The SMILES string of the molecule is COC.COc1ccc(C(c2ccc(OC)cc2)C(Cl)(Cl)Cl)cc1. The summed E-state index contributed by atoms with van der Waals surface area (Å²) < 4.78 is 13.1. The second-order valence-corrected chi connectivity index (χ2v) is 7.30. The zero-order valence-electron chi connectivity index (χ0n) is 14.1. The minimum atomic E-state index is -1.46. The Morgan fingerprint density at radius 2 is 0.958 bits per heavy atom. The number of methoxy groups -OCH3 is 3. The van der Waals surface area contributed by atoms with Crippen LogP contribution in [0.2, 0.25) is 0 Å². The van der Waals surface area contributed by atoms with Gasteiger partial charge in [-0.3, -0.25) is 0 Å². The lowest BCUT2D eigenvalue weighted by atomic mass is 9.92. The van der Waals surface area contributed by atoms with Crippen LogP contribution in [0.5, 0.6) is 11.5 Å². The molecule has 0 aromatic heterocycles. The van der Waals surface area contributed by atoms with Crippen molar-refractivity contribution < 1.29 is 14.2 Å². The molecule has 24 heavy (non-hydrogen) atoms. The number of hydrogen-bond donors (Lipinski definition) is 0. The highest BCUT2D eigenvalue weighted by molar-refractivity contribution is 6.68. The summed E-state index contributed by atoms with van der Waals surface area (Å²) >= 11 is 18.6. The number of halogens is 3. The van der Waals surface area contributed by atoms with Crippen LogP contribution in [0.4, 0.5) is 0 Å². The Kier molecular flexibility index (Phi) is 8.71. The highest BCUT2D eigenvalue weighted by atomic mass is 35.6. The van der Waals surface area contributed by atoms with Crippen LogP contribution in [0.1, 0.15) is 17.0 Å². The summed E-state index contributed by atoms with van der Waals surface area (Å²) in [6, 6.07) is 15.0. The molecule has 0 saturated heterocycles. The van der Waals surface area contributed by atoms with Gasteiger partial charge in [0.25, 0.3) is 0 Å². The van der Waals surface area contributed by atoms with Gasteiger partial charge in [-0.05, 0) is 35.4 Å². The second kappa shape index (κ2) is 10.00. The van der Waals surface area contributed by atoms with Gasteiger partial charge in [-0.1, -0.05) is 59.1 Å². The van der Waals surface area contributed by atoms with Crippen LogP contribution in [0.25, 0.3) is 0 Å². The van der Waals surface area contributed by atoms with E-state index in [0.29, 0.717) is 0 Å². The normalized spacial score (nSPS) is 10.8. The lowest BCUT2D eigenvalue weighted by molar-refractivity contribution is 0.277. The molecule has 2 rings (SSSR count). The van der Waals surface area contributed by atoms with Gasteiger partial charge in [-0.15, -0.1) is 0 Å². The third-order valence-corrected chi connectivity index (χ3v) is 3.88. The zero-order valence-corrected chi connectivity index (χ0v) is 16.3. The highest BCUT2D eigenvalue weighted by Crippen LogP contribution is 2.46. The molecular formula is C18H21Cl3O3. The molecule has 0 atom stereocenters. The maximum atomic E-state index is 6.18. The highest BCUT2D eigenvalue weighted by Gasteiger charge is 2.35. The van der Waals surface area contributed by atoms with Crippen molar-refractivity contribution >= 4 is 34.8 Å². The van der Waals surface area contributed by atoms with E-state index in [1.807, 2.05) is 48.5 Å². The summed E-state index contributed by atoms with van der Waals surface area (Å²) in [7, 11) is 6.48. The molecular weight excluding hydrogens is 371 g/mol. The van der Waals surface area contributed by atoms with Crippen molar-refractivity contribution in [2.24, 2.45) is 0 Å². The quantitative estimate of drug-likeness (QED) is 0.647. The molecule has 0 radical (unpaired) electrons. The molecule has 0 N–H and O–H groups in total. The predicted octanol–water partition coefficient (Wildman–Crippen LogP) is 5.47. The molecule has 3 nitrogen and oxygen atoms in total. The molecule has 0 aliphatic heterocycles. The predicted molar refractivity (Wildman–Crippen MR) is 101 cm³/mol. The van der Waals surface area contributed by atoms with Crippen LogP contribution in [0.3, 0.4) is 0 Å². The summed E-state index contributed by atoms with van der Waals surface area (Å²) in [6.07, 6.45) is 0. The van der Waals surface area contributed by atoms with E-state index in [0.717, 1.165) is 22.6 Å². The molecule has 132 valence electrons. The van der Waals surface area contributed by atoms with Crippen LogP contribution < -0.4 is 9.47 Å². The molecule has 0 aliphatic carbocycles. The molecule has 0 amide bonds. The monoisotopic (exact) mass is 390 g/mol. The third-order valence-electron chi connectivity index (χ3n) is 3.23. The number of benzene rings is 2. The number of hydrogen-bond acceptors (Lipinski definition) is 3. The van der Waals surface area contributed by atoms with Gasteiger partial charge in [0.2, 0.25) is 3.79 Å². The lowest BCUT2D eigenvalue weighted by Crippen LogP contribution is -2.18. The van der Waals surface area contributed by atoms with E-state index in [-0.39, 0.29) is 5.92 Å². The first-order valence-electron chi connectivity index (χ1n) is 7.12. The molecule has 0 spiro atoms. The van der Waals surface area contributed by atoms with Crippen molar-refractivity contribution in [1.82, 2.24) is 0 Å². The summed E-state index contributed by atoms with van der Waals surface area (Å²) in [6.45, 7) is 0. The lowest BCUT2D eigenvalue weighted by Gasteiger charge is -2.25. The fourth-order valence-corrected chi connectivity index (χ4v) is 2.92. The van der Waals surface area contributed by atoms with Crippen molar-refractivity contribution in [3.05, 3.63) is 59.7 Å². The van der Waals surface area contributed by atoms with E-state index < -0.39 is 3.79 Å².